The van der Waals surface area contributed by atoms with E-state index in [0.29, 0.717) is 39.0 Å². The molecule has 0 aromatic carbocycles. The van der Waals surface area contributed by atoms with E-state index in [1.54, 1.807) is 6.92 Å². The Balaban J connectivity index is 1.45. The second-order valence-electron chi connectivity index (χ2n) is 10.9. The van der Waals surface area contributed by atoms with E-state index < -0.39 is 34.8 Å². The Kier molecular flexibility index (Phi) is 11.3. The summed E-state index contributed by atoms with van der Waals surface area (Å²) < 4.78 is 78.9. The first kappa shape index (κ1) is 33.6. The molecule has 2 aliphatic heterocycles. The first-order valence-electron chi connectivity index (χ1n) is 13.8. The van der Waals surface area contributed by atoms with Crippen LogP contribution in [0.4, 0.5) is 26.3 Å². The minimum atomic E-state index is -4.72. The Morgan fingerprint density at radius 3 is 2.26 bits per heavy atom. The van der Waals surface area contributed by atoms with E-state index in [-0.39, 0.29) is 17.7 Å². The maximum atomic E-state index is 13.4. The predicted molar refractivity (Wildman–Crippen MR) is 153 cm³/mol. The van der Waals surface area contributed by atoms with E-state index in [1.165, 1.54) is 12.2 Å². The highest BCUT2D eigenvalue weighted by Crippen LogP contribution is 2.35. The van der Waals surface area contributed by atoms with Crippen LogP contribution >= 0.6 is 12.2 Å². The molecule has 1 N–H and O–H groups in total. The molecule has 42 heavy (non-hydrogen) atoms. The van der Waals surface area contributed by atoms with Gasteiger partial charge in [-0.1, -0.05) is 31.8 Å². The summed E-state index contributed by atoms with van der Waals surface area (Å²) >= 11 is 5.77. The molecule has 3 unspecified atom stereocenters. The Morgan fingerprint density at radius 1 is 1.12 bits per heavy atom. The number of piperazine rings is 1. The van der Waals surface area contributed by atoms with Gasteiger partial charge in [-0.15, -0.1) is 0 Å². The lowest BCUT2D eigenvalue weighted by Crippen LogP contribution is -2.50. The standard InChI is InChI=1S/C28H37F6N5O2S/c1-4-21(27(29,30)31)6-5-20(3)37-15-13-36(14-16-37)18-19(2)26(42)38-11-9-22(10-12-38)35-23-7-8-25(39(40)41)24(17-23)28(32,33)34/h4-8,17,19,22,24-25,35H,1,9-16,18H2,2-3H3/b20-5+,21-6+. The minimum absolute atomic E-state index is 0.0748. The van der Waals surface area contributed by atoms with Gasteiger partial charge >= 0.3 is 12.4 Å². The molecule has 7 nitrogen and oxygen atoms in total. The maximum Gasteiger partial charge on any atom is 0.416 e. The number of thiocarbonyl (C=S) groups is 1. The molecule has 1 aliphatic carbocycles. The smallest absolute Gasteiger partial charge is 0.382 e. The highest BCUT2D eigenvalue weighted by Gasteiger charge is 2.49. The van der Waals surface area contributed by atoms with E-state index >= 15 is 0 Å². The van der Waals surface area contributed by atoms with Crippen LogP contribution in [-0.2, 0) is 0 Å². The highest BCUT2D eigenvalue weighted by atomic mass is 32.1. The van der Waals surface area contributed by atoms with Gasteiger partial charge in [-0.25, -0.2) is 0 Å². The molecular weight excluding hydrogens is 584 g/mol. The van der Waals surface area contributed by atoms with Crippen molar-refractivity contribution in [2.24, 2.45) is 11.8 Å². The minimum Gasteiger partial charge on any atom is -0.382 e. The molecule has 0 saturated carbocycles. The lowest BCUT2D eigenvalue weighted by molar-refractivity contribution is -0.525. The predicted octanol–water partition coefficient (Wildman–Crippen LogP) is 5.48. The molecule has 3 rings (SSSR count). The van der Waals surface area contributed by atoms with Gasteiger partial charge in [-0.05, 0) is 50.1 Å². The first-order chi connectivity index (χ1) is 19.6. The molecule has 0 spiro atoms. The maximum absolute atomic E-state index is 13.4. The number of nitro groups is 1. The molecule has 2 heterocycles. The highest BCUT2D eigenvalue weighted by molar-refractivity contribution is 7.80. The number of piperidine rings is 1. The molecule has 0 bridgehead atoms. The van der Waals surface area contributed by atoms with Crippen LogP contribution in [0.2, 0.25) is 0 Å². The second-order valence-corrected chi connectivity index (χ2v) is 11.3. The van der Waals surface area contributed by atoms with Crippen LogP contribution in [-0.4, -0.2) is 94.9 Å². The number of hydrogen-bond donors (Lipinski definition) is 1. The van der Waals surface area contributed by atoms with Gasteiger partial charge < -0.3 is 15.1 Å². The Bertz CT molecular complexity index is 1120. The number of allylic oxidation sites excluding steroid dienone is 6. The van der Waals surface area contributed by atoms with Crippen molar-refractivity contribution >= 4 is 17.2 Å². The molecule has 2 fully saturated rings. The molecule has 0 aromatic heterocycles. The Morgan fingerprint density at radius 2 is 1.74 bits per heavy atom. The molecule has 0 aromatic rings. The lowest BCUT2D eigenvalue weighted by atomic mass is 9.93. The zero-order chi connectivity index (χ0) is 31.2. The lowest BCUT2D eigenvalue weighted by Gasteiger charge is -2.40. The largest absolute Gasteiger partial charge is 0.416 e. The number of alkyl halides is 6. The summed E-state index contributed by atoms with van der Waals surface area (Å²) in [6, 6.07) is -1.90. The van der Waals surface area contributed by atoms with E-state index in [9.17, 15) is 36.5 Å². The second kappa shape index (κ2) is 14.1. The van der Waals surface area contributed by atoms with Crippen molar-refractivity contribution in [3.63, 3.8) is 0 Å². The van der Waals surface area contributed by atoms with Crippen molar-refractivity contribution in [3.8, 4) is 0 Å². The third-order valence-electron chi connectivity index (χ3n) is 7.87. The Hall–Kier alpha value is -2.87. The van der Waals surface area contributed by atoms with Crippen molar-refractivity contribution < 1.29 is 31.3 Å². The van der Waals surface area contributed by atoms with Crippen LogP contribution in [0.1, 0.15) is 26.7 Å². The zero-order valence-electron chi connectivity index (χ0n) is 23.6. The van der Waals surface area contributed by atoms with Crippen LogP contribution in [0, 0.1) is 22.0 Å². The fourth-order valence-electron chi connectivity index (χ4n) is 5.39. The monoisotopic (exact) mass is 621 g/mol. The number of nitrogens with zero attached hydrogens (tertiary/aromatic N) is 4. The van der Waals surface area contributed by atoms with Crippen LogP contribution in [0.15, 0.2) is 60.0 Å². The van der Waals surface area contributed by atoms with Gasteiger partial charge in [0.1, 0.15) is 5.92 Å². The number of hydrogen-bond acceptors (Lipinski definition) is 6. The van der Waals surface area contributed by atoms with Gasteiger partial charge in [0.15, 0.2) is 0 Å². The molecule has 3 aliphatic rings. The Labute approximate surface area is 247 Å². The fourth-order valence-corrected chi connectivity index (χ4v) is 5.65. The number of halogens is 6. The average Bonchev–Trinajstić information content (AvgIpc) is 2.92. The molecule has 2 saturated heterocycles. The average molecular weight is 622 g/mol. The van der Waals surface area contributed by atoms with E-state index in [2.05, 4.69) is 33.5 Å². The summed E-state index contributed by atoms with van der Waals surface area (Å²) in [5, 5.41) is 14.2. The van der Waals surface area contributed by atoms with E-state index in [0.717, 1.165) is 54.6 Å². The van der Waals surface area contributed by atoms with Crippen molar-refractivity contribution in [1.29, 1.82) is 0 Å². The fraction of sp³-hybridized carbons (Fsp3) is 0.607. The topological polar surface area (TPSA) is 64.9 Å². The summed E-state index contributed by atoms with van der Waals surface area (Å²) in [6.45, 7) is 12.0. The summed E-state index contributed by atoms with van der Waals surface area (Å²) in [5.41, 5.74) is 0.211. The van der Waals surface area contributed by atoms with Gasteiger partial charge in [-0.2, -0.15) is 26.3 Å². The third-order valence-corrected chi connectivity index (χ3v) is 8.54. The SMILES string of the molecule is C=C/C(=C\C=C(/C)N1CCN(CC(C)C(=S)N2CCC(NC3=CC(C(F)(F)F)C([N+](=O)[O-])C=C3)CC2)CC1)C(F)(F)F. The first-order valence-corrected chi connectivity index (χ1v) is 14.2. The normalized spacial score (nSPS) is 24.3. The van der Waals surface area contributed by atoms with E-state index in [4.69, 9.17) is 12.2 Å². The molecule has 234 valence electrons. The van der Waals surface area contributed by atoms with Crippen LogP contribution < -0.4 is 5.32 Å². The summed E-state index contributed by atoms with van der Waals surface area (Å²) in [5.74, 6) is -2.08. The van der Waals surface area contributed by atoms with Crippen LogP contribution in [0.5, 0.6) is 0 Å². The van der Waals surface area contributed by atoms with Crippen LogP contribution in [0.3, 0.4) is 0 Å². The van der Waals surface area contributed by atoms with Crippen LogP contribution in [0.25, 0.3) is 0 Å². The molecule has 0 radical (unpaired) electrons. The summed E-state index contributed by atoms with van der Waals surface area (Å²) in [6.07, 6.45) is -1.27. The molecule has 3 atom stereocenters. The molecule has 0 amide bonds. The summed E-state index contributed by atoms with van der Waals surface area (Å²) in [4.78, 5) is 17.4. The van der Waals surface area contributed by atoms with Gasteiger partial charge in [0.2, 0.25) is 6.04 Å². The van der Waals surface area contributed by atoms with Crippen molar-refractivity contribution in [2.75, 3.05) is 45.8 Å². The van der Waals surface area contributed by atoms with Crippen molar-refractivity contribution in [2.45, 2.75) is 51.1 Å². The van der Waals surface area contributed by atoms with Gasteiger partial charge in [-0.3, -0.25) is 15.0 Å². The van der Waals surface area contributed by atoms with E-state index in [1.807, 2.05) is 0 Å². The summed E-state index contributed by atoms with van der Waals surface area (Å²) in [7, 11) is 0. The number of likely N-dealkylation sites (tertiary alicyclic amines) is 1. The van der Waals surface area contributed by atoms with Gasteiger partial charge in [0.05, 0.1) is 10.6 Å². The molecule has 14 heteroatoms. The number of nitrogens with one attached hydrogen (secondary N) is 1. The van der Waals surface area contributed by atoms with Gasteiger partial charge in [0.25, 0.3) is 0 Å². The van der Waals surface area contributed by atoms with Crippen molar-refractivity contribution in [3.05, 3.63) is 70.1 Å². The quantitative estimate of drug-likeness (QED) is 0.120. The van der Waals surface area contributed by atoms with Crippen molar-refractivity contribution in [1.82, 2.24) is 20.0 Å². The zero-order valence-corrected chi connectivity index (χ0v) is 24.4. The number of rotatable bonds is 9. The molecular formula is C28H37F6N5O2S. The third kappa shape index (κ3) is 9.06. The van der Waals surface area contributed by atoms with Gasteiger partial charge in [0, 0.05) is 74.1 Å².